The van der Waals surface area contributed by atoms with Gasteiger partial charge in [0.2, 0.25) is 0 Å². The van der Waals surface area contributed by atoms with Crippen LogP contribution in [0.1, 0.15) is 79.4 Å². The highest BCUT2D eigenvalue weighted by Gasteiger charge is 2.21. The molecule has 0 heterocycles. The van der Waals surface area contributed by atoms with Crippen molar-refractivity contribution in [2.45, 2.75) is 58.8 Å². The molecule has 0 unspecified atom stereocenters. The average molecular weight is 440 g/mol. The Morgan fingerprint density at radius 1 is 0.939 bits per heavy atom. The van der Waals surface area contributed by atoms with Crippen molar-refractivity contribution in [1.82, 2.24) is 0 Å². The predicted octanol–water partition coefficient (Wildman–Crippen LogP) is 7.95. The summed E-state index contributed by atoms with van der Waals surface area (Å²) in [5, 5.41) is 0. The third-order valence-electron chi connectivity index (χ3n) is 6.32. The van der Waals surface area contributed by atoms with Crippen molar-refractivity contribution in [3.8, 4) is 16.9 Å². The summed E-state index contributed by atoms with van der Waals surface area (Å²) in [6.45, 7) is 4.64. The molecule has 1 aliphatic carbocycles. The highest BCUT2D eigenvalue weighted by molar-refractivity contribution is 5.96. The van der Waals surface area contributed by atoms with Crippen LogP contribution in [0, 0.1) is 0 Å². The summed E-state index contributed by atoms with van der Waals surface area (Å²) in [6.07, 6.45) is 10.3. The van der Waals surface area contributed by atoms with E-state index >= 15 is 0 Å². The van der Waals surface area contributed by atoms with Gasteiger partial charge < -0.3 is 4.74 Å². The molecule has 0 aromatic heterocycles. The van der Waals surface area contributed by atoms with Crippen molar-refractivity contribution >= 4 is 17.7 Å². The van der Waals surface area contributed by atoms with Gasteiger partial charge in [-0.3, -0.25) is 9.79 Å². The maximum atomic E-state index is 11.8. The molecule has 0 fully saturated rings. The van der Waals surface area contributed by atoms with Gasteiger partial charge >= 0.3 is 0 Å². The summed E-state index contributed by atoms with van der Waals surface area (Å²) in [6, 6.07) is 20.4. The molecule has 3 nitrogen and oxygen atoms in total. The highest BCUT2D eigenvalue weighted by atomic mass is 16.5. The normalized spacial score (nSPS) is 12.1. The van der Waals surface area contributed by atoms with E-state index in [2.05, 4.69) is 43.3 Å². The molecule has 3 heteroatoms. The van der Waals surface area contributed by atoms with E-state index in [4.69, 9.17) is 9.73 Å². The fourth-order valence-corrected chi connectivity index (χ4v) is 4.41. The van der Waals surface area contributed by atoms with Crippen molar-refractivity contribution in [2.24, 2.45) is 4.99 Å². The van der Waals surface area contributed by atoms with E-state index in [1.165, 1.54) is 54.4 Å². The smallest absolute Gasteiger partial charge is 0.159 e. The Labute approximate surface area is 197 Å². The summed E-state index contributed by atoms with van der Waals surface area (Å²) in [5.41, 5.74) is 7.65. The standard InChI is InChI=1S/C30H33NO2/c1-3-4-5-6-7-8-18-33-26-15-12-23(13-16-26)21-31-30-11-9-10-28-27-17-14-24(22(2)32)19-25(27)20-29(28)30/h9-17,19,21H,3-8,18,20H2,1-2H3. The molecule has 33 heavy (non-hydrogen) atoms. The first-order valence-electron chi connectivity index (χ1n) is 12.2. The summed E-state index contributed by atoms with van der Waals surface area (Å²) in [4.78, 5) is 16.6. The maximum absolute atomic E-state index is 11.8. The molecule has 0 spiro atoms. The van der Waals surface area contributed by atoms with Crippen LogP contribution in [0.4, 0.5) is 5.69 Å². The number of aliphatic imine (C=N–C) groups is 1. The number of hydrogen-bond acceptors (Lipinski definition) is 3. The van der Waals surface area contributed by atoms with Crippen molar-refractivity contribution in [1.29, 1.82) is 0 Å². The van der Waals surface area contributed by atoms with Gasteiger partial charge in [-0.15, -0.1) is 0 Å². The van der Waals surface area contributed by atoms with Gasteiger partial charge in [-0.25, -0.2) is 0 Å². The number of ether oxygens (including phenoxy) is 1. The number of benzene rings is 3. The first kappa shape index (κ1) is 23.0. The van der Waals surface area contributed by atoms with Gasteiger partial charge in [0.15, 0.2) is 5.78 Å². The number of nitrogens with zero attached hydrogens (tertiary/aromatic N) is 1. The van der Waals surface area contributed by atoms with Gasteiger partial charge in [0, 0.05) is 18.2 Å². The Morgan fingerprint density at radius 2 is 1.73 bits per heavy atom. The molecular formula is C30H33NO2. The van der Waals surface area contributed by atoms with Gasteiger partial charge in [0.05, 0.1) is 12.3 Å². The van der Waals surface area contributed by atoms with Crippen LogP contribution in [-0.4, -0.2) is 18.6 Å². The second-order valence-electron chi connectivity index (χ2n) is 8.85. The Morgan fingerprint density at radius 3 is 2.52 bits per heavy atom. The zero-order valence-electron chi connectivity index (χ0n) is 19.8. The minimum Gasteiger partial charge on any atom is -0.494 e. The van der Waals surface area contributed by atoms with Crippen molar-refractivity contribution < 1.29 is 9.53 Å². The quantitative estimate of drug-likeness (QED) is 0.135. The molecule has 4 rings (SSSR count). The highest BCUT2D eigenvalue weighted by Crippen LogP contribution is 2.41. The fraction of sp³-hybridized carbons (Fsp3) is 0.333. The number of fused-ring (bicyclic) bond motifs is 3. The van der Waals surface area contributed by atoms with E-state index in [1.54, 1.807) is 6.92 Å². The largest absolute Gasteiger partial charge is 0.494 e. The SMILES string of the molecule is CCCCCCCCOc1ccc(C=Nc2cccc3c2Cc2cc(C(C)=O)ccc2-3)cc1. The van der Waals surface area contributed by atoms with Gasteiger partial charge in [-0.1, -0.05) is 63.3 Å². The maximum Gasteiger partial charge on any atom is 0.159 e. The molecule has 3 aromatic rings. The molecule has 1 aliphatic rings. The van der Waals surface area contributed by atoms with Gasteiger partial charge in [-0.05, 0) is 77.6 Å². The third-order valence-corrected chi connectivity index (χ3v) is 6.32. The lowest BCUT2D eigenvalue weighted by Gasteiger charge is -2.06. The third kappa shape index (κ3) is 5.78. The van der Waals surface area contributed by atoms with Crippen molar-refractivity contribution in [2.75, 3.05) is 6.61 Å². The molecule has 0 bridgehead atoms. The van der Waals surface area contributed by atoms with Crippen LogP contribution in [0.25, 0.3) is 11.1 Å². The van der Waals surface area contributed by atoms with E-state index in [0.29, 0.717) is 0 Å². The molecule has 3 aromatic carbocycles. The molecule has 0 N–H and O–H groups in total. The summed E-state index contributed by atoms with van der Waals surface area (Å²) in [7, 11) is 0. The van der Waals surface area contributed by atoms with Crippen LogP contribution >= 0.6 is 0 Å². The lowest BCUT2D eigenvalue weighted by atomic mass is 10.0. The van der Waals surface area contributed by atoms with E-state index in [0.717, 1.165) is 42.0 Å². The lowest BCUT2D eigenvalue weighted by Crippen LogP contribution is -1.97. The van der Waals surface area contributed by atoms with E-state index in [1.807, 2.05) is 30.5 Å². The number of ketones is 1. The van der Waals surface area contributed by atoms with Crippen LogP contribution in [0.2, 0.25) is 0 Å². The van der Waals surface area contributed by atoms with E-state index < -0.39 is 0 Å². The molecule has 0 amide bonds. The molecular weight excluding hydrogens is 406 g/mol. The second kappa shape index (κ2) is 11.1. The molecule has 0 radical (unpaired) electrons. The van der Waals surface area contributed by atoms with Gasteiger partial charge in [0.25, 0.3) is 0 Å². The predicted molar refractivity (Wildman–Crippen MR) is 137 cm³/mol. The number of hydrogen-bond donors (Lipinski definition) is 0. The summed E-state index contributed by atoms with van der Waals surface area (Å²) < 4.78 is 5.88. The minimum absolute atomic E-state index is 0.103. The lowest BCUT2D eigenvalue weighted by molar-refractivity contribution is 0.101. The number of rotatable bonds is 11. The summed E-state index contributed by atoms with van der Waals surface area (Å²) in [5.74, 6) is 1.02. The Balaban J connectivity index is 1.36. The number of Topliss-reactive ketones (excluding diaryl/α,β-unsaturated/α-hetero) is 1. The monoisotopic (exact) mass is 439 g/mol. The van der Waals surface area contributed by atoms with E-state index in [-0.39, 0.29) is 5.78 Å². The Bertz CT molecular complexity index is 1130. The number of carbonyl (C=O) groups is 1. The van der Waals surface area contributed by atoms with Crippen LogP contribution in [0.5, 0.6) is 5.75 Å². The molecule has 0 atom stereocenters. The fourth-order valence-electron chi connectivity index (χ4n) is 4.41. The Kier molecular flexibility index (Phi) is 7.72. The first-order valence-corrected chi connectivity index (χ1v) is 12.2. The summed E-state index contributed by atoms with van der Waals surface area (Å²) >= 11 is 0. The zero-order chi connectivity index (χ0) is 23.0. The number of unbranched alkanes of at least 4 members (excludes halogenated alkanes) is 5. The van der Waals surface area contributed by atoms with Gasteiger partial charge in [0.1, 0.15) is 5.75 Å². The topological polar surface area (TPSA) is 38.7 Å². The van der Waals surface area contributed by atoms with Crippen molar-refractivity contribution in [3.63, 3.8) is 0 Å². The van der Waals surface area contributed by atoms with E-state index in [9.17, 15) is 4.79 Å². The second-order valence-corrected chi connectivity index (χ2v) is 8.85. The Hall–Kier alpha value is -3.20. The first-order chi connectivity index (χ1) is 16.2. The van der Waals surface area contributed by atoms with Crippen molar-refractivity contribution in [3.05, 3.63) is 82.9 Å². The van der Waals surface area contributed by atoms with Crippen LogP contribution < -0.4 is 4.74 Å². The number of carbonyl (C=O) groups excluding carboxylic acids is 1. The molecule has 0 saturated heterocycles. The zero-order valence-corrected chi connectivity index (χ0v) is 19.8. The van der Waals surface area contributed by atoms with Crippen LogP contribution in [-0.2, 0) is 6.42 Å². The van der Waals surface area contributed by atoms with Crippen LogP contribution in [0.3, 0.4) is 0 Å². The minimum atomic E-state index is 0.103. The molecule has 0 saturated carbocycles. The molecule has 170 valence electrons. The van der Waals surface area contributed by atoms with Gasteiger partial charge in [-0.2, -0.15) is 0 Å². The van der Waals surface area contributed by atoms with Crippen LogP contribution in [0.15, 0.2) is 65.7 Å². The average Bonchev–Trinajstić information content (AvgIpc) is 3.21. The molecule has 0 aliphatic heterocycles.